The number of carbonyl (C=O) groups excluding carboxylic acids is 1. The highest BCUT2D eigenvalue weighted by molar-refractivity contribution is 5.90. The average Bonchev–Trinajstić information content (AvgIpc) is 3.35. The van der Waals surface area contributed by atoms with E-state index in [1.165, 1.54) is 23.8 Å². The fraction of sp³-hybridized carbons (Fsp3) is 0.609. The van der Waals surface area contributed by atoms with Crippen LogP contribution in [0.15, 0.2) is 24.3 Å². The number of carbonyl (C=O) groups is 1. The number of fused-ring (bicyclic) bond motifs is 3. The van der Waals surface area contributed by atoms with Crippen molar-refractivity contribution in [2.24, 2.45) is 0 Å². The van der Waals surface area contributed by atoms with Crippen LogP contribution >= 0.6 is 0 Å². The van der Waals surface area contributed by atoms with Crippen molar-refractivity contribution in [3.8, 4) is 0 Å². The number of hydrogen-bond acceptors (Lipinski definition) is 3. The molecule has 3 heterocycles. The lowest BCUT2D eigenvalue weighted by Crippen LogP contribution is -2.52. The lowest BCUT2D eigenvalue weighted by atomic mass is 9.84. The van der Waals surface area contributed by atoms with Crippen molar-refractivity contribution in [3.05, 3.63) is 35.5 Å². The Morgan fingerprint density at radius 1 is 1.11 bits per heavy atom. The number of aliphatic hydroxyl groups is 1. The van der Waals surface area contributed by atoms with Gasteiger partial charge in [-0.05, 0) is 69.7 Å². The van der Waals surface area contributed by atoms with Crippen LogP contribution in [-0.4, -0.2) is 64.1 Å². The fourth-order valence-corrected chi connectivity index (χ4v) is 5.54. The van der Waals surface area contributed by atoms with Gasteiger partial charge >= 0.3 is 0 Å². The first-order valence-electron chi connectivity index (χ1n) is 11.0. The van der Waals surface area contributed by atoms with E-state index in [-0.39, 0.29) is 11.8 Å². The summed E-state index contributed by atoms with van der Waals surface area (Å²) in [5.41, 5.74) is 2.99. The molecule has 3 aliphatic rings. The monoisotopic (exact) mass is 381 g/mol. The maximum absolute atomic E-state index is 13.4. The number of likely N-dealkylation sites (tertiary alicyclic amines) is 2. The van der Waals surface area contributed by atoms with Gasteiger partial charge in [-0.25, -0.2) is 0 Å². The van der Waals surface area contributed by atoms with Crippen LogP contribution in [0.3, 0.4) is 0 Å². The average molecular weight is 382 g/mol. The third kappa shape index (κ3) is 3.25. The second-order valence-electron chi connectivity index (χ2n) is 9.04. The van der Waals surface area contributed by atoms with Gasteiger partial charge in [0.05, 0.1) is 11.5 Å². The Morgan fingerprint density at radius 3 is 2.64 bits per heavy atom. The molecule has 1 aliphatic carbocycles. The molecule has 2 saturated heterocycles. The van der Waals surface area contributed by atoms with E-state index in [0.717, 1.165) is 50.1 Å². The van der Waals surface area contributed by atoms with Gasteiger partial charge in [0.15, 0.2) is 0 Å². The molecule has 0 spiro atoms. The topological polar surface area (TPSA) is 59.6 Å². The molecule has 0 unspecified atom stereocenters. The predicted molar refractivity (Wildman–Crippen MR) is 110 cm³/mol. The first-order chi connectivity index (χ1) is 13.6. The molecule has 1 aromatic heterocycles. The number of amides is 1. The van der Waals surface area contributed by atoms with E-state index in [1.807, 2.05) is 11.0 Å². The Kier molecular flexibility index (Phi) is 4.68. The summed E-state index contributed by atoms with van der Waals surface area (Å²) < 4.78 is 0. The molecule has 0 bridgehead atoms. The van der Waals surface area contributed by atoms with Crippen LogP contribution in [0.25, 0.3) is 10.9 Å². The Morgan fingerprint density at radius 2 is 1.86 bits per heavy atom. The normalized spacial score (nSPS) is 25.2. The van der Waals surface area contributed by atoms with Gasteiger partial charge in [0.25, 0.3) is 0 Å². The molecule has 5 rings (SSSR count). The number of para-hydroxylation sites is 1. The number of H-pyrrole nitrogens is 1. The first kappa shape index (κ1) is 18.2. The van der Waals surface area contributed by atoms with Crippen LogP contribution in [0.1, 0.15) is 55.7 Å². The molecule has 0 radical (unpaired) electrons. The minimum atomic E-state index is -0.625. The largest absolute Gasteiger partial charge is 0.388 e. The molecule has 0 saturated carbocycles. The molecular weight excluding hydrogens is 350 g/mol. The van der Waals surface area contributed by atoms with Gasteiger partial charge in [-0.1, -0.05) is 18.2 Å². The molecule has 28 heavy (non-hydrogen) atoms. The van der Waals surface area contributed by atoms with E-state index in [0.29, 0.717) is 25.9 Å². The van der Waals surface area contributed by atoms with E-state index in [4.69, 9.17) is 0 Å². The summed E-state index contributed by atoms with van der Waals surface area (Å²) >= 11 is 0. The molecule has 2 aromatic rings. The van der Waals surface area contributed by atoms with Crippen LogP contribution in [0.5, 0.6) is 0 Å². The quantitative estimate of drug-likeness (QED) is 0.859. The highest BCUT2D eigenvalue weighted by atomic mass is 16.3. The number of nitrogens with zero attached hydrogens (tertiary/aromatic N) is 2. The maximum Gasteiger partial charge on any atom is 0.231 e. The Hall–Kier alpha value is -1.85. The van der Waals surface area contributed by atoms with Crippen molar-refractivity contribution in [1.29, 1.82) is 0 Å². The van der Waals surface area contributed by atoms with Gasteiger partial charge in [0.1, 0.15) is 0 Å². The lowest BCUT2D eigenvalue weighted by molar-refractivity contribution is -0.138. The minimum absolute atomic E-state index is 0.0547. The zero-order valence-corrected chi connectivity index (χ0v) is 16.6. The number of nitrogens with one attached hydrogen (secondary N) is 1. The molecule has 1 amide bonds. The number of aryl methyl sites for hydroxylation is 1. The summed E-state index contributed by atoms with van der Waals surface area (Å²) in [6, 6.07) is 8.39. The van der Waals surface area contributed by atoms with Crippen molar-refractivity contribution in [1.82, 2.24) is 14.8 Å². The number of rotatable bonds is 3. The van der Waals surface area contributed by atoms with Crippen molar-refractivity contribution in [2.45, 2.75) is 56.5 Å². The second-order valence-corrected chi connectivity index (χ2v) is 9.04. The summed E-state index contributed by atoms with van der Waals surface area (Å²) in [4.78, 5) is 21.3. The lowest BCUT2D eigenvalue weighted by Gasteiger charge is -2.41. The van der Waals surface area contributed by atoms with Crippen molar-refractivity contribution >= 4 is 16.8 Å². The van der Waals surface area contributed by atoms with Gasteiger partial charge in [0, 0.05) is 36.2 Å². The second kappa shape index (κ2) is 7.20. The summed E-state index contributed by atoms with van der Waals surface area (Å²) in [5, 5.41) is 12.3. The van der Waals surface area contributed by atoms with Crippen molar-refractivity contribution in [2.75, 3.05) is 32.7 Å². The highest BCUT2D eigenvalue weighted by Crippen LogP contribution is 2.38. The molecule has 150 valence electrons. The molecule has 2 aliphatic heterocycles. The van der Waals surface area contributed by atoms with Gasteiger partial charge in [-0.15, -0.1) is 0 Å². The Bertz CT molecular complexity index is 860. The summed E-state index contributed by atoms with van der Waals surface area (Å²) in [6.45, 7) is 4.33. The number of aromatic nitrogens is 1. The van der Waals surface area contributed by atoms with Crippen molar-refractivity contribution < 1.29 is 9.90 Å². The molecule has 2 fully saturated rings. The van der Waals surface area contributed by atoms with E-state index >= 15 is 0 Å². The van der Waals surface area contributed by atoms with Crippen LogP contribution in [0, 0.1) is 0 Å². The van der Waals surface area contributed by atoms with Gasteiger partial charge in [0.2, 0.25) is 5.91 Å². The van der Waals surface area contributed by atoms with E-state index < -0.39 is 5.60 Å². The predicted octanol–water partition coefficient (Wildman–Crippen LogP) is 3.04. The number of piperidine rings is 1. The zero-order chi connectivity index (χ0) is 19.1. The first-order valence-corrected chi connectivity index (χ1v) is 11.0. The number of benzene rings is 1. The number of aromatic amines is 1. The number of β-amino-alcohol motifs (C(OH)–C–C–N with tert-alkyl or cyclic N) is 1. The van der Waals surface area contributed by atoms with E-state index in [9.17, 15) is 9.90 Å². The van der Waals surface area contributed by atoms with Crippen LogP contribution in [0.4, 0.5) is 0 Å². The van der Waals surface area contributed by atoms with Gasteiger partial charge < -0.3 is 19.9 Å². The standard InChI is InChI=1S/C23H31N3O2/c27-22(26-14-10-23(28,11-15-26)16-25-12-3-4-13-25)19-8-5-7-18-17-6-1-2-9-20(17)24-21(18)19/h1-2,6,9,19,24,28H,3-5,7-8,10-16H2/t19-/m1/s1. The minimum Gasteiger partial charge on any atom is -0.388 e. The molecule has 2 N–H and O–H groups in total. The van der Waals surface area contributed by atoms with Crippen molar-refractivity contribution in [3.63, 3.8) is 0 Å². The van der Waals surface area contributed by atoms with Crippen LogP contribution < -0.4 is 0 Å². The maximum atomic E-state index is 13.4. The Labute approximate surface area is 166 Å². The highest BCUT2D eigenvalue weighted by Gasteiger charge is 2.39. The Balaban J connectivity index is 1.29. The summed E-state index contributed by atoms with van der Waals surface area (Å²) in [5.74, 6) is 0.191. The number of hydrogen-bond donors (Lipinski definition) is 2. The molecule has 1 atom stereocenters. The van der Waals surface area contributed by atoms with E-state index in [2.05, 4.69) is 28.1 Å². The SMILES string of the molecule is O=C([C@@H]1CCCc2c1[nH]c1ccccc21)N1CCC(O)(CN2CCCC2)CC1. The third-order valence-corrected chi connectivity index (χ3v) is 7.14. The molecule has 5 heteroatoms. The van der Waals surface area contributed by atoms with Gasteiger partial charge in [-0.3, -0.25) is 4.79 Å². The fourth-order valence-electron chi connectivity index (χ4n) is 5.54. The van der Waals surface area contributed by atoms with E-state index in [1.54, 1.807) is 0 Å². The molecule has 1 aromatic carbocycles. The smallest absolute Gasteiger partial charge is 0.231 e. The zero-order valence-electron chi connectivity index (χ0n) is 16.6. The van der Waals surface area contributed by atoms with Crippen LogP contribution in [0.2, 0.25) is 0 Å². The third-order valence-electron chi connectivity index (χ3n) is 7.14. The van der Waals surface area contributed by atoms with Gasteiger partial charge in [-0.2, -0.15) is 0 Å². The molecular formula is C23H31N3O2. The molecule has 5 nitrogen and oxygen atoms in total. The summed E-state index contributed by atoms with van der Waals surface area (Å²) in [6.07, 6.45) is 6.93. The summed E-state index contributed by atoms with van der Waals surface area (Å²) in [7, 11) is 0. The van der Waals surface area contributed by atoms with Crippen LogP contribution in [-0.2, 0) is 11.2 Å².